The molecule has 0 radical (unpaired) electrons. The van der Waals surface area contributed by atoms with Crippen LogP contribution in [0.15, 0.2) is 23.1 Å². The molecule has 2 rings (SSSR count). The molecule has 13 heavy (non-hydrogen) atoms. The first-order valence-corrected chi connectivity index (χ1v) is 5.03. The minimum atomic E-state index is -0.170. The van der Waals surface area contributed by atoms with E-state index in [-0.39, 0.29) is 11.7 Å². The summed E-state index contributed by atoms with van der Waals surface area (Å²) in [6.07, 6.45) is 1.96. The second-order valence-electron chi connectivity index (χ2n) is 2.74. The van der Waals surface area contributed by atoms with Crippen LogP contribution < -0.4 is 5.32 Å². The molecule has 0 saturated heterocycles. The average Bonchev–Trinajstić information content (AvgIpc) is 2.42. The number of amidine groups is 1. The van der Waals surface area contributed by atoms with Gasteiger partial charge in [-0.1, -0.05) is 0 Å². The summed E-state index contributed by atoms with van der Waals surface area (Å²) in [7, 11) is 0. The highest BCUT2D eigenvalue weighted by atomic mass is 32.2. The summed E-state index contributed by atoms with van der Waals surface area (Å²) in [5.41, 5.74) is 1.31. The molecule has 3 nitrogen and oxygen atoms in total. The first kappa shape index (κ1) is 8.31. The third-order valence-electron chi connectivity index (χ3n) is 1.98. The fourth-order valence-electron chi connectivity index (χ4n) is 1.30. The third kappa shape index (κ3) is 1.23. The fraction of sp³-hybridized carbons (Fsp3) is 0.111. The van der Waals surface area contributed by atoms with Crippen molar-refractivity contribution >= 4 is 23.5 Å². The second-order valence-corrected chi connectivity index (χ2v) is 3.62. The van der Waals surface area contributed by atoms with Crippen LogP contribution in [0.25, 0.3) is 0 Å². The van der Waals surface area contributed by atoms with Gasteiger partial charge >= 0.3 is 0 Å². The van der Waals surface area contributed by atoms with Gasteiger partial charge in [-0.15, -0.1) is 11.8 Å². The highest BCUT2D eigenvalue weighted by Gasteiger charge is 2.23. The Hall–Kier alpha value is -1.29. The fourth-order valence-corrected chi connectivity index (χ4v) is 1.74. The summed E-state index contributed by atoms with van der Waals surface area (Å²) in [5, 5.41) is 9.92. The molecule has 0 bridgehead atoms. The van der Waals surface area contributed by atoms with Crippen LogP contribution in [-0.2, 0) is 0 Å². The monoisotopic (exact) mass is 192 g/mol. The first-order chi connectivity index (χ1) is 6.22. The largest absolute Gasteiger partial charge is 0.306 e. The van der Waals surface area contributed by atoms with Crippen molar-refractivity contribution in [2.24, 2.45) is 0 Å². The molecule has 66 valence electrons. The van der Waals surface area contributed by atoms with Crippen LogP contribution in [0.4, 0.5) is 0 Å². The van der Waals surface area contributed by atoms with E-state index >= 15 is 0 Å². The van der Waals surface area contributed by atoms with Gasteiger partial charge in [-0.25, -0.2) is 0 Å². The van der Waals surface area contributed by atoms with E-state index < -0.39 is 0 Å². The Kier molecular flexibility index (Phi) is 1.84. The van der Waals surface area contributed by atoms with E-state index in [1.807, 2.05) is 18.4 Å². The lowest BCUT2D eigenvalue weighted by Crippen LogP contribution is -2.19. The van der Waals surface area contributed by atoms with Gasteiger partial charge in [0.05, 0.1) is 5.56 Å². The summed E-state index contributed by atoms with van der Waals surface area (Å²) in [6, 6.07) is 5.54. The van der Waals surface area contributed by atoms with E-state index in [4.69, 9.17) is 5.41 Å². The minimum absolute atomic E-state index is 0.170. The van der Waals surface area contributed by atoms with Crippen LogP contribution in [0.2, 0.25) is 0 Å². The molecule has 1 aromatic carbocycles. The Morgan fingerprint density at radius 2 is 2.15 bits per heavy atom. The normalized spacial score (nSPS) is 14.2. The number of nitrogens with one attached hydrogen (secondary N) is 2. The van der Waals surface area contributed by atoms with Crippen LogP contribution in [-0.4, -0.2) is 18.0 Å². The van der Waals surface area contributed by atoms with Crippen molar-refractivity contribution in [2.45, 2.75) is 4.90 Å². The number of fused-ring (bicyclic) bond motifs is 1. The maximum absolute atomic E-state index is 11.3. The smallest absolute Gasteiger partial charge is 0.257 e. The van der Waals surface area contributed by atoms with Gasteiger partial charge in [-0.05, 0) is 24.5 Å². The lowest BCUT2D eigenvalue weighted by molar-refractivity contribution is 0.0983. The number of benzene rings is 1. The Morgan fingerprint density at radius 1 is 1.38 bits per heavy atom. The van der Waals surface area contributed by atoms with Gasteiger partial charge in [-0.3, -0.25) is 10.2 Å². The maximum Gasteiger partial charge on any atom is 0.257 e. The summed E-state index contributed by atoms with van der Waals surface area (Å²) >= 11 is 1.59. The van der Waals surface area contributed by atoms with E-state index in [2.05, 4.69) is 5.32 Å². The van der Waals surface area contributed by atoms with Crippen molar-refractivity contribution in [3.8, 4) is 0 Å². The Bertz CT molecular complexity index is 401. The molecule has 0 aromatic heterocycles. The predicted molar refractivity (Wildman–Crippen MR) is 52.5 cm³/mol. The number of amides is 1. The van der Waals surface area contributed by atoms with Gasteiger partial charge in [0.15, 0.2) is 0 Å². The molecule has 0 saturated carbocycles. The van der Waals surface area contributed by atoms with E-state index in [9.17, 15) is 4.79 Å². The molecular weight excluding hydrogens is 184 g/mol. The highest BCUT2D eigenvalue weighted by Crippen LogP contribution is 2.22. The van der Waals surface area contributed by atoms with Crippen molar-refractivity contribution in [1.29, 1.82) is 5.41 Å². The Labute approximate surface area is 80.0 Å². The highest BCUT2D eigenvalue weighted by molar-refractivity contribution is 7.98. The molecule has 1 aliphatic heterocycles. The van der Waals surface area contributed by atoms with Crippen LogP contribution >= 0.6 is 11.8 Å². The second kappa shape index (κ2) is 2.88. The number of thioether (sulfide) groups is 1. The van der Waals surface area contributed by atoms with Gasteiger partial charge in [-0.2, -0.15) is 0 Å². The van der Waals surface area contributed by atoms with Gasteiger partial charge in [0, 0.05) is 10.5 Å². The van der Waals surface area contributed by atoms with E-state index in [1.54, 1.807) is 17.8 Å². The molecule has 1 aromatic rings. The van der Waals surface area contributed by atoms with Crippen molar-refractivity contribution < 1.29 is 4.79 Å². The lowest BCUT2D eigenvalue weighted by Gasteiger charge is -1.98. The van der Waals surface area contributed by atoms with E-state index in [0.717, 1.165) is 4.90 Å². The summed E-state index contributed by atoms with van der Waals surface area (Å²) in [6.45, 7) is 0. The average molecular weight is 192 g/mol. The van der Waals surface area contributed by atoms with Crippen LogP contribution in [0, 0.1) is 5.41 Å². The zero-order chi connectivity index (χ0) is 9.42. The van der Waals surface area contributed by atoms with Crippen LogP contribution in [0.3, 0.4) is 0 Å². The quantitative estimate of drug-likeness (QED) is 0.662. The number of hydrogen-bond donors (Lipinski definition) is 2. The van der Waals surface area contributed by atoms with Crippen molar-refractivity contribution in [2.75, 3.05) is 6.26 Å². The molecule has 1 heterocycles. The summed E-state index contributed by atoms with van der Waals surface area (Å²) in [5.74, 6) is 0.0311. The molecule has 1 amide bonds. The molecule has 0 unspecified atom stereocenters. The predicted octanol–water partition coefficient (Wildman–Crippen LogP) is 1.48. The topological polar surface area (TPSA) is 53.0 Å². The van der Waals surface area contributed by atoms with Gasteiger partial charge in [0.25, 0.3) is 5.91 Å². The first-order valence-electron chi connectivity index (χ1n) is 3.80. The van der Waals surface area contributed by atoms with Crippen LogP contribution in [0.5, 0.6) is 0 Å². The Balaban J connectivity index is 2.58. The number of carbonyl (C=O) groups is 1. The minimum Gasteiger partial charge on any atom is -0.306 e. The van der Waals surface area contributed by atoms with Crippen LogP contribution in [0.1, 0.15) is 15.9 Å². The molecule has 2 N–H and O–H groups in total. The third-order valence-corrected chi connectivity index (χ3v) is 2.70. The van der Waals surface area contributed by atoms with E-state index in [0.29, 0.717) is 11.1 Å². The molecule has 4 heteroatoms. The standard InChI is InChI=1S/C9H8N2OS/c1-13-5-2-3-6-7(4-5)9(12)11-8(6)10/h2-4H,1H3,(H2,10,11,12). The summed E-state index contributed by atoms with van der Waals surface area (Å²) < 4.78 is 0. The Morgan fingerprint density at radius 3 is 2.85 bits per heavy atom. The lowest BCUT2D eigenvalue weighted by atomic mass is 10.1. The van der Waals surface area contributed by atoms with E-state index in [1.165, 1.54) is 0 Å². The SMILES string of the molecule is CSc1ccc2c(c1)C(=O)NC2=N. The van der Waals surface area contributed by atoms with Gasteiger partial charge in [0.2, 0.25) is 0 Å². The van der Waals surface area contributed by atoms with Crippen molar-refractivity contribution in [3.63, 3.8) is 0 Å². The molecule has 0 atom stereocenters. The number of rotatable bonds is 1. The number of hydrogen-bond acceptors (Lipinski definition) is 3. The van der Waals surface area contributed by atoms with Crippen molar-refractivity contribution in [1.82, 2.24) is 5.32 Å². The molecule has 0 aliphatic carbocycles. The van der Waals surface area contributed by atoms with Gasteiger partial charge in [0.1, 0.15) is 5.84 Å². The number of carbonyl (C=O) groups excluding carboxylic acids is 1. The summed E-state index contributed by atoms with van der Waals surface area (Å²) in [4.78, 5) is 12.3. The van der Waals surface area contributed by atoms with Gasteiger partial charge < -0.3 is 5.32 Å². The zero-order valence-corrected chi connectivity index (χ0v) is 7.87. The molecular formula is C9H8N2OS. The molecule has 0 spiro atoms. The molecule has 1 aliphatic rings. The zero-order valence-electron chi connectivity index (χ0n) is 7.05. The maximum atomic E-state index is 11.3. The van der Waals surface area contributed by atoms with Crippen molar-refractivity contribution in [3.05, 3.63) is 29.3 Å². The molecule has 0 fully saturated rings.